The zero-order chi connectivity index (χ0) is 21.5. The van der Waals surface area contributed by atoms with Crippen molar-refractivity contribution in [1.82, 2.24) is 30.2 Å². The lowest BCUT2D eigenvalue weighted by molar-refractivity contribution is -0.148. The van der Waals surface area contributed by atoms with Crippen molar-refractivity contribution in [3.63, 3.8) is 0 Å². The highest BCUT2D eigenvalue weighted by molar-refractivity contribution is 7.09. The monoisotopic (exact) mass is 430 g/mol. The second-order valence-corrected chi connectivity index (χ2v) is 7.56. The van der Waals surface area contributed by atoms with Crippen molar-refractivity contribution >= 4 is 35.0 Å². The molecule has 3 amide bonds. The molecule has 11 heteroatoms. The first kappa shape index (κ1) is 21.4. The van der Waals surface area contributed by atoms with Crippen LogP contribution in [0, 0.1) is 13.8 Å². The van der Waals surface area contributed by atoms with E-state index in [9.17, 15) is 14.4 Å². The van der Waals surface area contributed by atoms with E-state index >= 15 is 0 Å². The van der Waals surface area contributed by atoms with Crippen LogP contribution < -0.4 is 10.6 Å². The Labute approximate surface area is 176 Å². The normalized spacial score (nSPS) is 10.7. The molecule has 3 rings (SSSR count). The lowest BCUT2D eigenvalue weighted by atomic mass is 10.1. The molecule has 0 saturated carbocycles. The molecule has 3 aromatic heterocycles. The highest BCUT2D eigenvalue weighted by Crippen LogP contribution is 2.15. The van der Waals surface area contributed by atoms with Gasteiger partial charge in [-0.15, -0.1) is 11.3 Å². The molecule has 0 bridgehead atoms. The van der Waals surface area contributed by atoms with Gasteiger partial charge in [-0.3, -0.25) is 14.9 Å². The van der Waals surface area contributed by atoms with Gasteiger partial charge in [0.2, 0.25) is 0 Å². The van der Waals surface area contributed by atoms with Crippen molar-refractivity contribution in [2.24, 2.45) is 0 Å². The fourth-order valence-electron chi connectivity index (χ4n) is 2.92. The minimum Gasteiger partial charge on any atom is -0.456 e. The third kappa shape index (κ3) is 5.60. The standard InChI is InChI=1S/C19H22N6O4S/c1-12-15(13(2)25-18(23-12)21-11-22-25)5-6-17(27)29-10-16(26)24-19(28)20-8-7-14-4-3-9-30-14/h3-4,9,11H,5-8,10H2,1-2H3,(H2,20,24,26,28). The number of hydrogen-bond acceptors (Lipinski definition) is 8. The average Bonchev–Trinajstić information content (AvgIpc) is 3.38. The molecule has 0 aliphatic carbocycles. The van der Waals surface area contributed by atoms with E-state index in [4.69, 9.17) is 4.74 Å². The third-order valence-electron chi connectivity index (χ3n) is 4.42. The Morgan fingerprint density at radius 2 is 2.07 bits per heavy atom. The maximum atomic E-state index is 12.0. The van der Waals surface area contributed by atoms with E-state index in [1.807, 2.05) is 31.4 Å². The van der Waals surface area contributed by atoms with E-state index in [-0.39, 0.29) is 6.42 Å². The Bertz CT molecular complexity index is 1050. The molecule has 3 aromatic rings. The predicted molar refractivity (Wildman–Crippen MR) is 109 cm³/mol. The molecule has 0 atom stereocenters. The molecule has 0 unspecified atom stereocenters. The van der Waals surface area contributed by atoms with Gasteiger partial charge < -0.3 is 10.1 Å². The Kier molecular flexibility index (Phi) is 7.07. The molecule has 0 aliphatic heterocycles. The van der Waals surface area contributed by atoms with Gasteiger partial charge in [-0.1, -0.05) is 6.07 Å². The van der Waals surface area contributed by atoms with E-state index in [0.29, 0.717) is 25.2 Å². The van der Waals surface area contributed by atoms with Crippen LogP contribution in [0.1, 0.15) is 28.2 Å². The minimum absolute atomic E-state index is 0.0733. The predicted octanol–water partition coefficient (Wildman–Crippen LogP) is 1.35. The fraction of sp³-hybridized carbons (Fsp3) is 0.368. The number of urea groups is 1. The van der Waals surface area contributed by atoms with Gasteiger partial charge in [0.1, 0.15) is 6.33 Å². The SMILES string of the molecule is Cc1nc2ncnn2c(C)c1CCC(=O)OCC(=O)NC(=O)NCCc1cccs1. The molecular weight excluding hydrogens is 408 g/mol. The number of hydrogen-bond donors (Lipinski definition) is 2. The number of esters is 1. The first-order valence-corrected chi connectivity index (χ1v) is 10.2. The minimum atomic E-state index is -0.685. The molecule has 158 valence electrons. The lowest BCUT2D eigenvalue weighted by Crippen LogP contribution is -2.42. The Morgan fingerprint density at radius 1 is 1.23 bits per heavy atom. The number of imide groups is 1. The summed E-state index contributed by atoms with van der Waals surface area (Å²) in [5, 5.41) is 10.8. The van der Waals surface area contributed by atoms with E-state index < -0.39 is 24.5 Å². The lowest BCUT2D eigenvalue weighted by Gasteiger charge is -2.10. The number of nitrogens with one attached hydrogen (secondary N) is 2. The number of amides is 3. The van der Waals surface area contributed by atoms with Crippen molar-refractivity contribution in [2.75, 3.05) is 13.2 Å². The molecule has 0 radical (unpaired) electrons. The molecule has 0 aromatic carbocycles. The number of rotatable bonds is 8. The number of carbonyl (C=O) groups excluding carboxylic acids is 3. The number of carbonyl (C=O) groups is 3. The summed E-state index contributed by atoms with van der Waals surface area (Å²) in [7, 11) is 0. The van der Waals surface area contributed by atoms with Gasteiger partial charge in [0.25, 0.3) is 11.7 Å². The summed E-state index contributed by atoms with van der Waals surface area (Å²) >= 11 is 1.60. The Hall–Kier alpha value is -3.34. The molecule has 0 saturated heterocycles. The second kappa shape index (κ2) is 9.92. The Morgan fingerprint density at radius 3 is 2.83 bits per heavy atom. The van der Waals surface area contributed by atoms with Crippen LogP contribution in [-0.4, -0.2) is 50.6 Å². The first-order chi connectivity index (χ1) is 14.4. The van der Waals surface area contributed by atoms with Crippen molar-refractivity contribution in [3.8, 4) is 0 Å². The summed E-state index contributed by atoms with van der Waals surface area (Å²) in [6.45, 7) is 3.60. The van der Waals surface area contributed by atoms with Crippen LogP contribution in [0.2, 0.25) is 0 Å². The van der Waals surface area contributed by atoms with Crippen molar-refractivity contribution in [3.05, 3.63) is 45.7 Å². The van der Waals surface area contributed by atoms with E-state index in [2.05, 4.69) is 25.7 Å². The molecule has 2 N–H and O–H groups in total. The topological polar surface area (TPSA) is 128 Å². The summed E-state index contributed by atoms with van der Waals surface area (Å²) in [6, 6.07) is 3.29. The van der Waals surface area contributed by atoms with E-state index in [0.717, 1.165) is 21.8 Å². The van der Waals surface area contributed by atoms with Crippen LogP contribution in [0.25, 0.3) is 5.78 Å². The maximum Gasteiger partial charge on any atom is 0.321 e. The molecule has 0 fully saturated rings. The second-order valence-electron chi connectivity index (χ2n) is 6.53. The number of aryl methyl sites for hydroxylation is 2. The van der Waals surface area contributed by atoms with Crippen LogP contribution >= 0.6 is 11.3 Å². The molecule has 0 spiro atoms. The number of thiophene rings is 1. The zero-order valence-electron chi connectivity index (χ0n) is 16.7. The van der Waals surface area contributed by atoms with Crippen molar-refractivity contribution in [1.29, 1.82) is 0 Å². The van der Waals surface area contributed by atoms with Gasteiger partial charge in [0.15, 0.2) is 6.61 Å². The number of ether oxygens (including phenoxy) is 1. The van der Waals surface area contributed by atoms with Crippen LogP contribution in [0.15, 0.2) is 23.8 Å². The molecule has 0 aliphatic rings. The van der Waals surface area contributed by atoms with Gasteiger partial charge in [0, 0.05) is 29.2 Å². The highest BCUT2D eigenvalue weighted by atomic mass is 32.1. The van der Waals surface area contributed by atoms with Crippen LogP contribution in [0.4, 0.5) is 4.79 Å². The van der Waals surface area contributed by atoms with Gasteiger partial charge in [-0.05, 0) is 43.7 Å². The summed E-state index contributed by atoms with van der Waals surface area (Å²) < 4.78 is 6.57. The number of aromatic nitrogens is 4. The third-order valence-corrected chi connectivity index (χ3v) is 5.36. The number of fused-ring (bicyclic) bond motifs is 1. The molecular formula is C19H22N6O4S. The molecule has 10 nitrogen and oxygen atoms in total. The average molecular weight is 430 g/mol. The molecule has 3 heterocycles. The number of nitrogens with zero attached hydrogens (tertiary/aromatic N) is 4. The summed E-state index contributed by atoms with van der Waals surface area (Å²) in [5.41, 5.74) is 2.48. The van der Waals surface area contributed by atoms with Crippen molar-refractivity contribution in [2.45, 2.75) is 33.1 Å². The van der Waals surface area contributed by atoms with E-state index in [1.54, 1.807) is 15.9 Å². The summed E-state index contributed by atoms with van der Waals surface area (Å²) in [6.07, 6.45) is 2.57. The maximum absolute atomic E-state index is 12.0. The summed E-state index contributed by atoms with van der Waals surface area (Å²) in [5.74, 6) is -0.725. The first-order valence-electron chi connectivity index (χ1n) is 9.35. The highest BCUT2D eigenvalue weighted by Gasteiger charge is 2.15. The molecule has 30 heavy (non-hydrogen) atoms. The van der Waals surface area contributed by atoms with Crippen LogP contribution in [0.5, 0.6) is 0 Å². The van der Waals surface area contributed by atoms with Crippen LogP contribution in [0.3, 0.4) is 0 Å². The largest absolute Gasteiger partial charge is 0.456 e. The van der Waals surface area contributed by atoms with Crippen molar-refractivity contribution < 1.29 is 19.1 Å². The van der Waals surface area contributed by atoms with Gasteiger partial charge in [-0.2, -0.15) is 10.1 Å². The zero-order valence-corrected chi connectivity index (χ0v) is 17.5. The Balaban J connectivity index is 1.38. The van der Waals surface area contributed by atoms with E-state index in [1.165, 1.54) is 6.33 Å². The smallest absolute Gasteiger partial charge is 0.321 e. The fourth-order valence-corrected chi connectivity index (χ4v) is 3.63. The van der Waals surface area contributed by atoms with Gasteiger partial charge in [0.05, 0.1) is 0 Å². The van der Waals surface area contributed by atoms with Gasteiger partial charge >= 0.3 is 12.0 Å². The summed E-state index contributed by atoms with van der Waals surface area (Å²) in [4.78, 5) is 45.0. The van der Waals surface area contributed by atoms with Gasteiger partial charge in [-0.25, -0.2) is 14.3 Å². The van der Waals surface area contributed by atoms with Crippen LogP contribution in [-0.2, 0) is 27.2 Å². The quantitative estimate of drug-likeness (QED) is 0.516.